The predicted molar refractivity (Wildman–Crippen MR) is 54.0 cm³/mol. The summed E-state index contributed by atoms with van der Waals surface area (Å²) >= 11 is 0. The average Bonchev–Trinajstić information content (AvgIpc) is 2.30. The summed E-state index contributed by atoms with van der Waals surface area (Å²) in [4.78, 5) is 8.03. The van der Waals surface area contributed by atoms with Gasteiger partial charge in [-0.2, -0.15) is 4.98 Å². The zero-order valence-electron chi connectivity index (χ0n) is 8.14. The van der Waals surface area contributed by atoms with Crippen LogP contribution in [-0.2, 0) is 0 Å². The first-order valence-corrected chi connectivity index (χ1v) is 4.42. The largest absolute Gasteiger partial charge is 0.467 e. The lowest BCUT2D eigenvalue weighted by atomic mass is 10.1. The van der Waals surface area contributed by atoms with Gasteiger partial charge in [0, 0.05) is 11.8 Å². The molecule has 0 saturated heterocycles. The summed E-state index contributed by atoms with van der Waals surface area (Å²) < 4.78 is 17.6. The van der Waals surface area contributed by atoms with Gasteiger partial charge >= 0.3 is 6.01 Å². The van der Waals surface area contributed by atoms with Gasteiger partial charge in [0.25, 0.3) is 0 Å². The Morgan fingerprint density at radius 3 is 2.53 bits per heavy atom. The van der Waals surface area contributed by atoms with Crippen LogP contribution in [0.2, 0.25) is 0 Å². The molecule has 0 fully saturated rings. The molecular weight excluding hydrogens is 195 g/mol. The molecule has 0 aliphatic carbocycles. The second kappa shape index (κ2) is 4.04. The first kappa shape index (κ1) is 9.58. The van der Waals surface area contributed by atoms with Gasteiger partial charge in [-0.05, 0) is 30.3 Å². The minimum atomic E-state index is -0.264. The third-order valence-corrected chi connectivity index (χ3v) is 1.96. The number of hydrogen-bond donors (Lipinski definition) is 0. The second-order valence-corrected chi connectivity index (χ2v) is 2.94. The fourth-order valence-corrected chi connectivity index (χ4v) is 1.22. The molecule has 0 radical (unpaired) electrons. The highest BCUT2D eigenvalue weighted by atomic mass is 19.1. The van der Waals surface area contributed by atoms with Crippen molar-refractivity contribution in [2.24, 2.45) is 0 Å². The van der Waals surface area contributed by atoms with E-state index in [-0.39, 0.29) is 5.82 Å². The molecule has 0 spiro atoms. The van der Waals surface area contributed by atoms with Crippen molar-refractivity contribution in [3.05, 3.63) is 42.3 Å². The van der Waals surface area contributed by atoms with Crippen molar-refractivity contribution in [2.45, 2.75) is 0 Å². The van der Waals surface area contributed by atoms with Crippen molar-refractivity contribution in [1.29, 1.82) is 0 Å². The van der Waals surface area contributed by atoms with Gasteiger partial charge in [-0.15, -0.1) is 0 Å². The van der Waals surface area contributed by atoms with Crippen LogP contribution in [0.3, 0.4) is 0 Å². The molecule has 0 saturated carbocycles. The molecule has 0 aliphatic rings. The number of rotatable bonds is 2. The summed E-state index contributed by atoms with van der Waals surface area (Å²) in [6.45, 7) is 0. The molecule has 3 nitrogen and oxygen atoms in total. The van der Waals surface area contributed by atoms with Crippen molar-refractivity contribution in [2.75, 3.05) is 7.11 Å². The fraction of sp³-hybridized carbons (Fsp3) is 0.0909. The van der Waals surface area contributed by atoms with Crippen LogP contribution in [-0.4, -0.2) is 17.1 Å². The van der Waals surface area contributed by atoms with E-state index in [1.807, 2.05) is 0 Å². The average molecular weight is 204 g/mol. The van der Waals surface area contributed by atoms with Gasteiger partial charge in [-0.1, -0.05) is 0 Å². The number of halogens is 1. The molecule has 1 aromatic heterocycles. The normalized spacial score (nSPS) is 10.0. The van der Waals surface area contributed by atoms with Crippen LogP contribution in [0.4, 0.5) is 4.39 Å². The molecule has 2 rings (SSSR count). The van der Waals surface area contributed by atoms with Crippen LogP contribution in [0.25, 0.3) is 11.3 Å². The van der Waals surface area contributed by atoms with Gasteiger partial charge < -0.3 is 4.74 Å². The van der Waals surface area contributed by atoms with E-state index in [4.69, 9.17) is 4.74 Å². The Kier molecular flexibility index (Phi) is 2.58. The van der Waals surface area contributed by atoms with Gasteiger partial charge in [0.1, 0.15) is 5.82 Å². The van der Waals surface area contributed by atoms with Gasteiger partial charge in [-0.25, -0.2) is 9.37 Å². The molecule has 0 unspecified atom stereocenters. The minimum absolute atomic E-state index is 0.264. The van der Waals surface area contributed by atoms with Crippen LogP contribution in [0, 0.1) is 5.82 Å². The summed E-state index contributed by atoms with van der Waals surface area (Å²) in [6, 6.07) is 8.16. The zero-order chi connectivity index (χ0) is 10.7. The Balaban J connectivity index is 2.40. The van der Waals surface area contributed by atoms with E-state index in [9.17, 15) is 4.39 Å². The first-order valence-electron chi connectivity index (χ1n) is 4.42. The Labute approximate surface area is 86.6 Å². The standard InChI is InChI=1S/C11H9FN2O/c1-15-11-13-7-6-10(14-11)8-2-4-9(12)5-3-8/h2-7H,1H3. The molecule has 0 amide bonds. The van der Waals surface area contributed by atoms with E-state index < -0.39 is 0 Å². The van der Waals surface area contributed by atoms with E-state index in [0.717, 1.165) is 5.56 Å². The van der Waals surface area contributed by atoms with Crippen LogP contribution in [0.5, 0.6) is 6.01 Å². The Hall–Kier alpha value is -1.97. The molecule has 1 heterocycles. The Bertz CT molecular complexity index is 456. The molecule has 0 bridgehead atoms. The van der Waals surface area contributed by atoms with E-state index in [2.05, 4.69) is 9.97 Å². The van der Waals surface area contributed by atoms with Gasteiger partial charge in [0.15, 0.2) is 0 Å². The predicted octanol–water partition coefficient (Wildman–Crippen LogP) is 2.29. The fourth-order valence-electron chi connectivity index (χ4n) is 1.22. The summed E-state index contributed by atoms with van der Waals surface area (Å²) in [5, 5.41) is 0. The van der Waals surface area contributed by atoms with Crippen molar-refractivity contribution in [1.82, 2.24) is 9.97 Å². The van der Waals surface area contributed by atoms with Gasteiger partial charge in [-0.3, -0.25) is 0 Å². The highest BCUT2D eigenvalue weighted by molar-refractivity contribution is 5.58. The smallest absolute Gasteiger partial charge is 0.316 e. The maximum Gasteiger partial charge on any atom is 0.316 e. The number of methoxy groups -OCH3 is 1. The number of aromatic nitrogens is 2. The van der Waals surface area contributed by atoms with Crippen LogP contribution < -0.4 is 4.74 Å². The number of ether oxygens (including phenoxy) is 1. The van der Waals surface area contributed by atoms with E-state index in [1.54, 1.807) is 24.4 Å². The summed E-state index contributed by atoms with van der Waals surface area (Å²) in [6.07, 6.45) is 1.60. The first-order chi connectivity index (χ1) is 7.29. The Morgan fingerprint density at radius 2 is 1.87 bits per heavy atom. The molecule has 4 heteroatoms. The van der Waals surface area contributed by atoms with Crippen molar-refractivity contribution in [3.8, 4) is 17.3 Å². The van der Waals surface area contributed by atoms with Gasteiger partial charge in [0.05, 0.1) is 12.8 Å². The Morgan fingerprint density at radius 1 is 1.13 bits per heavy atom. The van der Waals surface area contributed by atoms with E-state index in [0.29, 0.717) is 11.7 Å². The van der Waals surface area contributed by atoms with Crippen LogP contribution in [0.1, 0.15) is 0 Å². The third kappa shape index (κ3) is 2.10. The van der Waals surface area contributed by atoms with E-state index >= 15 is 0 Å². The molecule has 15 heavy (non-hydrogen) atoms. The van der Waals surface area contributed by atoms with Crippen molar-refractivity contribution < 1.29 is 9.13 Å². The number of nitrogens with zero attached hydrogens (tertiary/aromatic N) is 2. The number of benzene rings is 1. The lowest BCUT2D eigenvalue weighted by Gasteiger charge is -2.02. The maximum atomic E-state index is 12.7. The lowest BCUT2D eigenvalue weighted by Crippen LogP contribution is -1.92. The highest BCUT2D eigenvalue weighted by Gasteiger charge is 2.01. The summed E-state index contributed by atoms with van der Waals surface area (Å²) in [5.74, 6) is -0.264. The minimum Gasteiger partial charge on any atom is -0.467 e. The highest BCUT2D eigenvalue weighted by Crippen LogP contribution is 2.18. The third-order valence-electron chi connectivity index (χ3n) is 1.96. The molecule has 0 atom stereocenters. The number of hydrogen-bond acceptors (Lipinski definition) is 3. The SMILES string of the molecule is COc1nccc(-c2ccc(F)cc2)n1. The van der Waals surface area contributed by atoms with Gasteiger partial charge in [0.2, 0.25) is 0 Å². The second-order valence-electron chi connectivity index (χ2n) is 2.94. The zero-order valence-corrected chi connectivity index (χ0v) is 8.14. The monoisotopic (exact) mass is 204 g/mol. The maximum absolute atomic E-state index is 12.7. The molecule has 0 N–H and O–H groups in total. The summed E-state index contributed by atoms with van der Waals surface area (Å²) in [7, 11) is 1.50. The molecule has 1 aromatic carbocycles. The topological polar surface area (TPSA) is 35.0 Å². The van der Waals surface area contributed by atoms with Crippen LogP contribution in [0.15, 0.2) is 36.5 Å². The molecule has 2 aromatic rings. The van der Waals surface area contributed by atoms with Crippen LogP contribution >= 0.6 is 0 Å². The quantitative estimate of drug-likeness (QED) is 0.752. The lowest BCUT2D eigenvalue weighted by molar-refractivity contribution is 0.380. The summed E-state index contributed by atoms with van der Waals surface area (Å²) in [5.41, 5.74) is 1.54. The molecular formula is C11H9FN2O. The van der Waals surface area contributed by atoms with Crippen molar-refractivity contribution >= 4 is 0 Å². The van der Waals surface area contributed by atoms with Crippen molar-refractivity contribution in [3.63, 3.8) is 0 Å². The van der Waals surface area contributed by atoms with E-state index in [1.165, 1.54) is 19.2 Å². The molecule has 0 aliphatic heterocycles. The molecule has 76 valence electrons.